The molecule has 0 saturated carbocycles. The minimum Gasteiger partial charge on any atom is -0.385 e. The molecule has 1 aliphatic heterocycles. The number of nitrogens with two attached hydrogens (primary N) is 1. The van der Waals surface area contributed by atoms with Gasteiger partial charge in [-0.15, -0.1) is 10.2 Å². The average Bonchev–Trinajstić information content (AvgIpc) is 3.33. The van der Waals surface area contributed by atoms with Crippen molar-refractivity contribution in [3.05, 3.63) is 84.3 Å². The number of benzene rings is 2. The molecule has 29 heavy (non-hydrogen) atoms. The van der Waals surface area contributed by atoms with Crippen LogP contribution in [0.4, 0.5) is 11.5 Å². The number of hydrogen-bond acceptors (Lipinski definition) is 4. The number of halogens is 1. The Labute approximate surface area is 173 Å². The fourth-order valence-corrected chi connectivity index (χ4v) is 3.26. The summed E-state index contributed by atoms with van der Waals surface area (Å²) in [6.45, 7) is 0.775. The van der Waals surface area contributed by atoms with E-state index in [-0.39, 0.29) is 0 Å². The first-order chi connectivity index (χ1) is 14.1. The van der Waals surface area contributed by atoms with E-state index in [9.17, 15) is 0 Å². The van der Waals surface area contributed by atoms with Crippen LogP contribution in [0.3, 0.4) is 0 Å². The number of rotatable bonds is 2. The summed E-state index contributed by atoms with van der Waals surface area (Å²) in [5, 5.41) is 9.98. The fourth-order valence-electron chi connectivity index (χ4n) is 3.13. The van der Waals surface area contributed by atoms with Crippen molar-refractivity contribution in [1.82, 2.24) is 19.7 Å². The van der Waals surface area contributed by atoms with Crippen molar-refractivity contribution in [2.45, 2.75) is 0 Å². The summed E-state index contributed by atoms with van der Waals surface area (Å²) >= 11 is 5.93. The van der Waals surface area contributed by atoms with Gasteiger partial charge in [0.1, 0.15) is 12.1 Å². The minimum absolute atomic E-state index is 0.723. The van der Waals surface area contributed by atoms with Crippen LogP contribution in [0.5, 0.6) is 0 Å². The van der Waals surface area contributed by atoms with Crippen molar-refractivity contribution in [2.75, 3.05) is 17.2 Å². The van der Waals surface area contributed by atoms with Crippen LogP contribution in [-0.4, -0.2) is 26.3 Å². The molecule has 0 radical (unpaired) electrons. The van der Waals surface area contributed by atoms with E-state index in [0.29, 0.717) is 0 Å². The maximum atomic E-state index is 5.93. The molecular weight excluding hydrogens is 384 g/mol. The Hall–Kier alpha value is -3.51. The van der Waals surface area contributed by atoms with Crippen molar-refractivity contribution >= 4 is 34.0 Å². The average molecular weight is 405 g/mol. The number of fused-ring (bicyclic) bond motifs is 1. The summed E-state index contributed by atoms with van der Waals surface area (Å²) in [6.07, 6.45) is 7.56. The van der Waals surface area contributed by atoms with Crippen molar-refractivity contribution in [3.8, 4) is 11.4 Å². The van der Waals surface area contributed by atoms with Gasteiger partial charge in [0, 0.05) is 47.0 Å². The molecule has 0 aliphatic carbocycles. The van der Waals surface area contributed by atoms with Gasteiger partial charge >= 0.3 is 0 Å². The Bertz CT molecular complexity index is 1150. The molecule has 0 saturated heterocycles. The Morgan fingerprint density at radius 2 is 1.97 bits per heavy atom. The van der Waals surface area contributed by atoms with Crippen molar-refractivity contribution in [3.63, 3.8) is 0 Å². The Balaban J connectivity index is 0.000000171. The van der Waals surface area contributed by atoms with Gasteiger partial charge in [0.15, 0.2) is 5.82 Å². The van der Waals surface area contributed by atoms with Crippen LogP contribution in [0.1, 0.15) is 0 Å². The van der Waals surface area contributed by atoms with E-state index in [2.05, 4.69) is 32.2 Å². The maximum Gasteiger partial charge on any atom is 0.163 e. The smallest absolute Gasteiger partial charge is 0.163 e. The van der Waals surface area contributed by atoms with Crippen LogP contribution in [0, 0.1) is 0 Å². The highest BCUT2D eigenvalue weighted by molar-refractivity contribution is 6.31. The van der Waals surface area contributed by atoms with Crippen LogP contribution in [0.2, 0.25) is 0 Å². The van der Waals surface area contributed by atoms with Crippen LogP contribution < -0.4 is 10.6 Å². The van der Waals surface area contributed by atoms with Gasteiger partial charge in [0.05, 0.1) is 0 Å². The quantitative estimate of drug-likeness (QED) is 0.508. The number of allylic oxidation sites excluding steroid dienone is 2. The molecule has 0 spiro atoms. The van der Waals surface area contributed by atoms with E-state index in [0.717, 1.165) is 40.0 Å². The Morgan fingerprint density at radius 1 is 1.10 bits per heavy atom. The van der Waals surface area contributed by atoms with Gasteiger partial charge in [0.25, 0.3) is 0 Å². The molecule has 4 aromatic rings. The highest BCUT2D eigenvalue weighted by atomic mass is 35.5. The molecule has 146 valence electrons. The fraction of sp³-hybridized carbons (Fsp3) is 0.0909. The second kappa shape index (κ2) is 8.24. The van der Waals surface area contributed by atoms with Gasteiger partial charge in [0.2, 0.25) is 0 Å². The zero-order chi connectivity index (χ0) is 20.2. The molecule has 3 N–H and O–H groups in total. The zero-order valence-electron chi connectivity index (χ0n) is 16.0. The second-order valence-corrected chi connectivity index (χ2v) is 7.12. The van der Waals surface area contributed by atoms with Crippen LogP contribution in [0.15, 0.2) is 84.3 Å². The summed E-state index contributed by atoms with van der Waals surface area (Å²) < 4.78 is 1.90. The van der Waals surface area contributed by atoms with Crippen LogP contribution >= 0.6 is 11.6 Å². The summed E-state index contributed by atoms with van der Waals surface area (Å²) in [4.78, 5) is 5.17. The number of aryl methyl sites for hydroxylation is 1. The molecule has 0 amide bonds. The molecule has 3 heterocycles. The number of aromatic amines is 1. The minimum atomic E-state index is 0.723. The van der Waals surface area contributed by atoms with E-state index in [1.165, 1.54) is 5.39 Å². The second-order valence-electron chi connectivity index (χ2n) is 6.68. The lowest BCUT2D eigenvalue weighted by Crippen LogP contribution is -2.18. The molecule has 6 nitrogen and oxygen atoms in total. The summed E-state index contributed by atoms with van der Waals surface area (Å²) in [7, 11) is 1.94. The van der Waals surface area contributed by atoms with Gasteiger partial charge in [-0.25, -0.2) is 0 Å². The number of H-pyrrole nitrogens is 1. The largest absolute Gasteiger partial charge is 0.385 e. The summed E-state index contributed by atoms with van der Waals surface area (Å²) in [6, 6.07) is 18.2. The number of anilines is 2. The first kappa shape index (κ1) is 18.8. The molecule has 0 unspecified atom stereocenters. The molecule has 0 fully saturated rings. The monoisotopic (exact) mass is 404 g/mol. The van der Waals surface area contributed by atoms with Gasteiger partial charge < -0.3 is 20.2 Å². The van der Waals surface area contributed by atoms with Crippen LogP contribution in [0.25, 0.3) is 22.3 Å². The number of aromatic nitrogens is 4. The number of nitrogens with one attached hydrogen (secondary N) is 1. The van der Waals surface area contributed by atoms with E-state index >= 15 is 0 Å². The molecule has 1 aliphatic rings. The Kier molecular flexibility index (Phi) is 5.35. The SMILES string of the molecule is Cn1cnnc1-c1cccc(N2C=CC(Cl)=CC2)c1.Nc1cc2ccccc2[nH]1. The normalized spacial score (nSPS) is 13.2. The van der Waals surface area contributed by atoms with Crippen molar-refractivity contribution in [2.24, 2.45) is 7.05 Å². The first-order valence-electron chi connectivity index (χ1n) is 9.18. The van der Waals surface area contributed by atoms with E-state index in [1.54, 1.807) is 6.33 Å². The lowest BCUT2D eigenvalue weighted by atomic mass is 10.1. The molecule has 2 aromatic heterocycles. The number of hydrogen-bond donors (Lipinski definition) is 2. The molecule has 0 bridgehead atoms. The molecule has 0 atom stereocenters. The molecule has 5 rings (SSSR count). The lowest BCUT2D eigenvalue weighted by Gasteiger charge is -2.22. The number of nitrogen functional groups attached to an aromatic ring is 1. The van der Waals surface area contributed by atoms with Gasteiger partial charge in [-0.2, -0.15) is 0 Å². The van der Waals surface area contributed by atoms with Crippen LogP contribution in [-0.2, 0) is 7.05 Å². The highest BCUT2D eigenvalue weighted by Gasteiger charge is 2.09. The summed E-state index contributed by atoms with van der Waals surface area (Å²) in [5.74, 6) is 1.58. The zero-order valence-corrected chi connectivity index (χ0v) is 16.7. The van der Waals surface area contributed by atoms with E-state index in [1.807, 2.05) is 72.4 Å². The third-order valence-electron chi connectivity index (χ3n) is 4.59. The lowest BCUT2D eigenvalue weighted by molar-refractivity contribution is 0.919. The predicted molar refractivity (Wildman–Crippen MR) is 120 cm³/mol. The van der Waals surface area contributed by atoms with Gasteiger partial charge in [-0.3, -0.25) is 0 Å². The maximum absolute atomic E-state index is 5.93. The molecular formula is C22H21ClN6. The predicted octanol–water partition coefficient (Wildman–Crippen LogP) is 4.69. The van der Waals surface area contributed by atoms with E-state index in [4.69, 9.17) is 17.3 Å². The van der Waals surface area contributed by atoms with E-state index < -0.39 is 0 Å². The van der Waals surface area contributed by atoms with Crippen molar-refractivity contribution < 1.29 is 0 Å². The number of para-hydroxylation sites is 1. The molecule has 2 aromatic carbocycles. The summed E-state index contributed by atoms with van der Waals surface area (Å²) in [5.41, 5.74) is 8.79. The van der Waals surface area contributed by atoms with Gasteiger partial charge in [-0.1, -0.05) is 41.9 Å². The molecule has 7 heteroatoms. The van der Waals surface area contributed by atoms with Gasteiger partial charge in [-0.05, 0) is 36.4 Å². The standard InChI is InChI=1S/C14H13ClN4.C8H8N2/c1-18-10-16-17-14(18)11-3-2-4-13(9-11)19-7-5-12(15)6-8-19;9-8-5-6-3-1-2-4-7(6)10-8/h2-7,9-10H,8H2,1H3;1-5,10H,9H2. The first-order valence-corrected chi connectivity index (χ1v) is 9.56. The third kappa shape index (κ3) is 4.33. The highest BCUT2D eigenvalue weighted by Crippen LogP contribution is 2.25. The topological polar surface area (TPSA) is 75.8 Å². The number of nitrogens with zero attached hydrogens (tertiary/aromatic N) is 4. The third-order valence-corrected chi connectivity index (χ3v) is 4.88. The van der Waals surface area contributed by atoms with Crippen molar-refractivity contribution in [1.29, 1.82) is 0 Å². The Morgan fingerprint density at radius 3 is 2.69 bits per heavy atom.